The predicted octanol–water partition coefficient (Wildman–Crippen LogP) is 1.75. The van der Waals surface area contributed by atoms with E-state index in [4.69, 9.17) is 11.6 Å². The smallest absolute Gasteiger partial charge is 0.339 e. The number of nitrogens with one attached hydrogen (secondary N) is 1. The van der Waals surface area contributed by atoms with Crippen molar-refractivity contribution in [1.82, 2.24) is 25.5 Å². The van der Waals surface area contributed by atoms with Crippen molar-refractivity contribution >= 4 is 17.5 Å². The van der Waals surface area contributed by atoms with Gasteiger partial charge in [0.15, 0.2) is 6.04 Å². The minimum absolute atomic E-state index is 0.114. The van der Waals surface area contributed by atoms with Gasteiger partial charge in [-0.25, -0.2) is 4.68 Å². The van der Waals surface area contributed by atoms with E-state index in [1.165, 1.54) is 24.3 Å². The molecule has 2 aromatic rings. The molecule has 1 aromatic heterocycles. The molecule has 1 heterocycles. The van der Waals surface area contributed by atoms with Crippen LogP contribution < -0.4 is 5.32 Å². The Labute approximate surface area is 121 Å². The van der Waals surface area contributed by atoms with Gasteiger partial charge in [0.1, 0.15) is 12.9 Å². The first-order chi connectivity index (χ1) is 9.86. The highest BCUT2D eigenvalue weighted by Crippen LogP contribution is 2.33. The molecule has 0 aliphatic rings. The molecule has 1 atom stereocenters. The lowest BCUT2D eigenvalue weighted by Gasteiger charge is -2.22. The van der Waals surface area contributed by atoms with Crippen molar-refractivity contribution in [2.24, 2.45) is 0 Å². The Hall–Kier alpha value is -2.16. The van der Waals surface area contributed by atoms with Crippen LogP contribution in [-0.4, -0.2) is 32.3 Å². The van der Waals surface area contributed by atoms with Crippen molar-refractivity contribution in [2.45, 2.75) is 18.8 Å². The van der Waals surface area contributed by atoms with E-state index in [2.05, 4.69) is 15.5 Å². The summed E-state index contributed by atoms with van der Waals surface area (Å²) in [5.41, 5.74) is -0.114. The summed E-state index contributed by atoms with van der Waals surface area (Å²) in [6.07, 6.45) is -3.51. The zero-order chi connectivity index (χ0) is 15.5. The summed E-state index contributed by atoms with van der Waals surface area (Å²) < 4.78 is 40.2. The van der Waals surface area contributed by atoms with Crippen LogP contribution >= 0.6 is 11.6 Å². The summed E-state index contributed by atoms with van der Waals surface area (Å²) in [6.45, 7) is -0.410. The summed E-state index contributed by atoms with van der Waals surface area (Å²) in [5.74, 6) is -0.862. The summed E-state index contributed by atoms with van der Waals surface area (Å²) in [7, 11) is 0. The van der Waals surface area contributed by atoms with E-state index in [1.54, 1.807) is 0 Å². The highest BCUT2D eigenvalue weighted by Gasteiger charge is 2.41. The quantitative estimate of drug-likeness (QED) is 0.932. The van der Waals surface area contributed by atoms with E-state index in [1.807, 2.05) is 5.32 Å². The van der Waals surface area contributed by atoms with Gasteiger partial charge in [0.05, 0.1) is 0 Å². The SMILES string of the molecule is O=C(Cn1cnnn1)N[C@H](c1ccc(Cl)cc1)C(F)(F)F. The van der Waals surface area contributed by atoms with Gasteiger partial charge in [-0.05, 0) is 28.1 Å². The Morgan fingerprint density at radius 3 is 2.52 bits per heavy atom. The molecule has 6 nitrogen and oxygen atoms in total. The molecule has 0 radical (unpaired) electrons. The molecular weight excluding hydrogens is 311 g/mol. The third-order valence-corrected chi connectivity index (χ3v) is 2.79. The minimum Gasteiger partial charge on any atom is -0.339 e. The number of aromatic nitrogens is 4. The first kappa shape index (κ1) is 15.2. The lowest BCUT2D eigenvalue weighted by Crippen LogP contribution is -2.39. The average Bonchev–Trinajstić information content (AvgIpc) is 2.89. The Bertz CT molecular complexity index is 599. The zero-order valence-electron chi connectivity index (χ0n) is 10.4. The Morgan fingerprint density at radius 1 is 1.33 bits per heavy atom. The van der Waals surface area contributed by atoms with Crippen LogP contribution in [-0.2, 0) is 11.3 Å². The zero-order valence-corrected chi connectivity index (χ0v) is 11.1. The summed E-state index contributed by atoms with van der Waals surface area (Å²) in [4.78, 5) is 11.7. The third kappa shape index (κ3) is 4.15. The van der Waals surface area contributed by atoms with E-state index in [0.29, 0.717) is 5.02 Å². The van der Waals surface area contributed by atoms with Crippen LogP contribution in [0.25, 0.3) is 0 Å². The number of tetrazole rings is 1. The number of hydrogen-bond acceptors (Lipinski definition) is 4. The molecule has 112 valence electrons. The molecule has 0 spiro atoms. The Balaban J connectivity index is 2.13. The maximum Gasteiger partial charge on any atom is 0.412 e. The second-order valence-corrected chi connectivity index (χ2v) is 4.54. The standard InChI is InChI=1S/C11H9ClF3N5O/c12-8-3-1-7(2-4-8)10(11(13,14)15)17-9(21)5-20-6-16-18-19-20/h1-4,6,10H,5H2,(H,17,21)/t10-/m1/s1. The average molecular weight is 320 g/mol. The first-order valence-corrected chi connectivity index (χ1v) is 6.06. The third-order valence-electron chi connectivity index (χ3n) is 2.53. The predicted molar refractivity (Wildman–Crippen MR) is 66.2 cm³/mol. The number of hydrogen-bond donors (Lipinski definition) is 1. The topological polar surface area (TPSA) is 72.7 Å². The molecular formula is C11H9ClF3N5O. The van der Waals surface area contributed by atoms with Gasteiger partial charge in [-0.15, -0.1) is 5.10 Å². The molecule has 1 amide bonds. The Morgan fingerprint density at radius 2 is 2.00 bits per heavy atom. The molecule has 0 saturated heterocycles. The number of amides is 1. The molecule has 1 aromatic carbocycles. The number of carbonyl (C=O) groups is 1. The van der Waals surface area contributed by atoms with Gasteiger partial charge >= 0.3 is 6.18 Å². The summed E-state index contributed by atoms with van der Waals surface area (Å²) >= 11 is 5.64. The highest BCUT2D eigenvalue weighted by atomic mass is 35.5. The lowest BCUT2D eigenvalue weighted by atomic mass is 10.1. The fourth-order valence-corrected chi connectivity index (χ4v) is 1.74. The van der Waals surface area contributed by atoms with Crippen LogP contribution in [0.4, 0.5) is 13.2 Å². The van der Waals surface area contributed by atoms with E-state index in [-0.39, 0.29) is 5.56 Å². The van der Waals surface area contributed by atoms with E-state index in [9.17, 15) is 18.0 Å². The van der Waals surface area contributed by atoms with Crippen LogP contribution in [0, 0.1) is 0 Å². The van der Waals surface area contributed by atoms with Crippen LogP contribution in [0.3, 0.4) is 0 Å². The maximum absolute atomic E-state index is 13.1. The largest absolute Gasteiger partial charge is 0.412 e. The summed E-state index contributed by atoms with van der Waals surface area (Å²) in [6, 6.07) is 2.93. The van der Waals surface area contributed by atoms with Gasteiger partial charge in [0.2, 0.25) is 5.91 Å². The van der Waals surface area contributed by atoms with E-state index >= 15 is 0 Å². The second kappa shape index (κ2) is 6.08. The number of carbonyl (C=O) groups excluding carboxylic acids is 1. The summed E-state index contributed by atoms with van der Waals surface area (Å²) in [5, 5.41) is 12.2. The minimum atomic E-state index is -4.63. The molecule has 1 N–H and O–H groups in total. The second-order valence-electron chi connectivity index (χ2n) is 4.10. The van der Waals surface area contributed by atoms with Gasteiger partial charge in [-0.1, -0.05) is 23.7 Å². The van der Waals surface area contributed by atoms with Gasteiger partial charge in [0, 0.05) is 5.02 Å². The molecule has 21 heavy (non-hydrogen) atoms. The lowest BCUT2D eigenvalue weighted by molar-refractivity contribution is -0.163. The fraction of sp³-hybridized carbons (Fsp3) is 0.273. The van der Waals surface area contributed by atoms with E-state index < -0.39 is 24.7 Å². The van der Waals surface area contributed by atoms with Crippen molar-refractivity contribution in [3.8, 4) is 0 Å². The van der Waals surface area contributed by atoms with E-state index in [0.717, 1.165) is 11.0 Å². The van der Waals surface area contributed by atoms with Crippen LogP contribution in [0.5, 0.6) is 0 Å². The molecule has 0 aliphatic heterocycles. The molecule has 2 rings (SSSR count). The molecule has 10 heteroatoms. The number of nitrogens with zero attached hydrogens (tertiary/aromatic N) is 4. The highest BCUT2D eigenvalue weighted by molar-refractivity contribution is 6.30. The number of benzene rings is 1. The van der Waals surface area contributed by atoms with Crippen LogP contribution in [0.15, 0.2) is 30.6 Å². The van der Waals surface area contributed by atoms with Crippen molar-refractivity contribution in [2.75, 3.05) is 0 Å². The van der Waals surface area contributed by atoms with Gasteiger partial charge in [-0.3, -0.25) is 4.79 Å². The number of rotatable bonds is 4. The number of alkyl halides is 3. The van der Waals surface area contributed by atoms with Gasteiger partial charge in [0.25, 0.3) is 0 Å². The fourth-order valence-electron chi connectivity index (χ4n) is 1.62. The van der Waals surface area contributed by atoms with Gasteiger partial charge in [-0.2, -0.15) is 13.2 Å². The maximum atomic E-state index is 13.1. The van der Waals surface area contributed by atoms with Gasteiger partial charge < -0.3 is 5.32 Å². The monoisotopic (exact) mass is 319 g/mol. The number of halogens is 4. The normalized spacial score (nSPS) is 13.0. The van der Waals surface area contributed by atoms with Crippen molar-refractivity contribution in [3.63, 3.8) is 0 Å². The van der Waals surface area contributed by atoms with Crippen LogP contribution in [0.1, 0.15) is 11.6 Å². The molecule has 0 aliphatic carbocycles. The molecule has 0 unspecified atom stereocenters. The Kier molecular flexibility index (Phi) is 4.41. The molecule has 0 fully saturated rings. The van der Waals surface area contributed by atoms with Crippen molar-refractivity contribution < 1.29 is 18.0 Å². The first-order valence-electron chi connectivity index (χ1n) is 5.68. The van der Waals surface area contributed by atoms with Crippen molar-refractivity contribution in [3.05, 3.63) is 41.2 Å². The molecule has 0 bridgehead atoms. The molecule has 0 saturated carbocycles. The van der Waals surface area contributed by atoms with Crippen LogP contribution in [0.2, 0.25) is 5.02 Å². The van der Waals surface area contributed by atoms with Crippen molar-refractivity contribution in [1.29, 1.82) is 0 Å².